The maximum atomic E-state index is 13.4. The average Bonchev–Trinajstić information content (AvgIpc) is 3.37. The van der Waals surface area contributed by atoms with Crippen LogP contribution in [0.2, 0.25) is 0 Å². The summed E-state index contributed by atoms with van der Waals surface area (Å²) in [6, 6.07) is 3.52. The molecule has 32 heavy (non-hydrogen) atoms. The van der Waals surface area contributed by atoms with E-state index in [-0.39, 0.29) is 11.5 Å². The van der Waals surface area contributed by atoms with Crippen LogP contribution in [0.25, 0.3) is 0 Å². The minimum atomic E-state index is -0.593. The number of nitrogens with one attached hydrogen (secondary N) is 3. The van der Waals surface area contributed by atoms with Crippen LogP contribution in [0.4, 0.5) is 17.3 Å². The summed E-state index contributed by atoms with van der Waals surface area (Å²) in [5, 5.41) is 9.55. The van der Waals surface area contributed by atoms with Crippen molar-refractivity contribution in [3.05, 3.63) is 40.1 Å². The molecule has 0 atom stereocenters. The Bertz CT molecular complexity index is 1070. The van der Waals surface area contributed by atoms with Gasteiger partial charge in [0.1, 0.15) is 35.0 Å². The number of hydrogen-bond acceptors (Lipinski definition) is 8. The molecule has 2 aromatic heterocycles. The molecule has 3 N–H and O–H groups in total. The van der Waals surface area contributed by atoms with Gasteiger partial charge in [-0.05, 0) is 44.2 Å². The van der Waals surface area contributed by atoms with Gasteiger partial charge >= 0.3 is 0 Å². The number of carbonyl (C=O) groups excluding carboxylic acids is 1. The molecule has 4 heterocycles. The van der Waals surface area contributed by atoms with Crippen molar-refractivity contribution in [2.45, 2.75) is 38.3 Å². The monoisotopic (exact) mass is 439 g/mol. The summed E-state index contributed by atoms with van der Waals surface area (Å²) in [5.41, 5.74) is 0.851. The summed E-state index contributed by atoms with van der Waals surface area (Å²) in [6.07, 6.45) is 5.02. The van der Waals surface area contributed by atoms with E-state index in [1.54, 1.807) is 16.7 Å². The molecule has 170 valence electrons. The Hall–Kier alpha value is -2.98. The van der Waals surface area contributed by atoms with Crippen LogP contribution < -0.4 is 21.5 Å². The zero-order chi connectivity index (χ0) is 22.1. The molecule has 2 fully saturated rings. The van der Waals surface area contributed by atoms with Gasteiger partial charge in [-0.3, -0.25) is 19.1 Å². The minimum Gasteiger partial charge on any atom is -0.379 e. The van der Waals surface area contributed by atoms with Crippen LogP contribution in [-0.4, -0.2) is 64.7 Å². The summed E-state index contributed by atoms with van der Waals surface area (Å²) in [6.45, 7) is 6.97. The van der Waals surface area contributed by atoms with Crippen LogP contribution >= 0.6 is 0 Å². The van der Waals surface area contributed by atoms with E-state index in [2.05, 4.69) is 30.8 Å². The molecule has 1 saturated heterocycles. The molecule has 0 aromatic carbocycles. The number of pyridine rings is 1. The van der Waals surface area contributed by atoms with Crippen LogP contribution in [-0.2, 0) is 10.4 Å². The Balaban J connectivity index is 1.34. The van der Waals surface area contributed by atoms with Crippen molar-refractivity contribution < 1.29 is 9.53 Å². The summed E-state index contributed by atoms with van der Waals surface area (Å²) in [7, 11) is 0. The number of aryl methyl sites for hydroxylation is 1. The minimum absolute atomic E-state index is 0.165. The van der Waals surface area contributed by atoms with Crippen molar-refractivity contribution in [1.82, 2.24) is 24.8 Å². The normalized spacial score (nSPS) is 19.7. The molecule has 0 unspecified atom stereocenters. The third-order valence-corrected chi connectivity index (χ3v) is 6.58. The Morgan fingerprint density at radius 3 is 2.66 bits per heavy atom. The maximum Gasteiger partial charge on any atom is 0.276 e. The van der Waals surface area contributed by atoms with E-state index >= 15 is 0 Å². The van der Waals surface area contributed by atoms with E-state index in [0.717, 1.165) is 70.6 Å². The quantitative estimate of drug-likeness (QED) is 0.619. The van der Waals surface area contributed by atoms with Crippen LogP contribution in [0.3, 0.4) is 0 Å². The van der Waals surface area contributed by atoms with Crippen molar-refractivity contribution in [3.63, 3.8) is 0 Å². The van der Waals surface area contributed by atoms with Gasteiger partial charge in [-0.1, -0.05) is 0 Å². The van der Waals surface area contributed by atoms with E-state index in [0.29, 0.717) is 23.0 Å². The van der Waals surface area contributed by atoms with Crippen molar-refractivity contribution in [2.75, 3.05) is 50.0 Å². The fourth-order valence-electron chi connectivity index (χ4n) is 4.99. The number of carbonyl (C=O) groups is 1. The molecule has 2 aliphatic heterocycles. The van der Waals surface area contributed by atoms with Crippen molar-refractivity contribution in [2.24, 2.45) is 0 Å². The van der Waals surface area contributed by atoms with Gasteiger partial charge in [0.25, 0.3) is 11.5 Å². The number of rotatable bonds is 6. The first-order chi connectivity index (χ1) is 15.6. The number of fused-ring (bicyclic) bond motifs is 2. The van der Waals surface area contributed by atoms with E-state index < -0.39 is 5.66 Å². The third-order valence-electron chi connectivity index (χ3n) is 6.58. The lowest BCUT2D eigenvalue weighted by Crippen LogP contribution is -2.45. The van der Waals surface area contributed by atoms with Gasteiger partial charge in [0, 0.05) is 32.2 Å². The highest BCUT2D eigenvalue weighted by Crippen LogP contribution is 2.38. The maximum absolute atomic E-state index is 13.4. The molecule has 0 bridgehead atoms. The molecule has 3 aliphatic rings. The van der Waals surface area contributed by atoms with Crippen LogP contribution in [0.1, 0.15) is 41.7 Å². The summed E-state index contributed by atoms with van der Waals surface area (Å²) < 4.78 is 7.05. The highest BCUT2D eigenvalue weighted by molar-refractivity contribution is 5.97. The molecule has 0 radical (unpaired) electrons. The van der Waals surface area contributed by atoms with E-state index in [1.165, 1.54) is 6.33 Å². The second kappa shape index (κ2) is 8.51. The number of anilines is 3. The number of nitrogens with zero attached hydrogens (tertiary/aromatic N) is 4. The van der Waals surface area contributed by atoms with Gasteiger partial charge in [0.05, 0.1) is 13.2 Å². The van der Waals surface area contributed by atoms with Gasteiger partial charge < -0.3 is 20.7 Å². The zero-order valence-electron chi connectivity index (χ0n) is 18.3. The van der Waals surface area contributed by atoms with Gasteiger partial charge in [-0.2, -0.15) is 0 Å². The number of amides is 1. The number of aromatic nitrogens is 3. The molecule has 1 spiro atoms. The van der Waals surface area contributed by atoms with Gasteiger partial charge in [0.2, 0.25) is 0 Å². The van der Waals surface area contributed by atoms with E-state index in [1.807, 2.05) is 6.92 Å². The first kappa shape index (κ1) is 20.9. The van der Waals surface area contributed by atoms with Crippen LogP contribution in [0.15, 0.2) is 23.3 Å². The summed E-state index contributed by atoms with van der Waals surface area (Å²) in [4.78, 5) is 36.9. The van der Waals surface area contributed by atoms with Crippen LogP contribution in [0.5, 0.6) is 0 Å². The summed E-state index contributed by atoms with van der Waals surface area (Å²) >= 11 is 0. The molecule has 5 rings (SSSR count). The topological polar surface area (TPSA) is 113 Å². The molecule has 1 aliphatic carbocycles. The highest BCUT2D eigenvalue weighted by atomic mass is 16.5. The summed E-state index contributed by atoms with van der Waals surface area (Å²) in [5.74, 6) is 1.06. The first-order valence-corrected chi connectivity index (χ1v) is 11.3. The zero-order valence-corrected chi connectivity index (χ0v) is 18.3. The molecule has 10 nitrogen and oxygen atoms in total. The Morgan fingerprint density at radius 1 is 1.12 bits per heavy atom. The van der Waals surface area contributed by atoms with Crippen molar-refractivity contribution in [1.29, 1.82) is 0 Å². The number of hydrogen-bond donors (Lipinski definition) is 3. The lowest BCUT2D eigenvalue weighted by Gasteiger charge is -2.27. The number of ether oxygens (including phenoxy) is 1. The second-order valence-electron chi connectivity index (χ2n) is 8.72. The Labute approximate surface area is 186 Å². The van der Waals surface area contributed by atoms with E-state index in [9.17, 15) is 9.59 Å². The lowest BCUT2D eigenvalue weighted by molar-refractivity contribution is 0.0398. The fourth-order valence-corrected chi connectivity index (χ4v) is 4.99. The molecular formula is C22H29N7O3. The van der Waals surface area contributed by atoms with Crippen molar-refractivity contribution in [3.8, 4) is 0 Å². The molecular weight excluding hydrogens is 410 g/mol. The molecule has 2 aromatic rings. The standard InChI is InChI=1S/C22H29N7O3/c1-15-12-16(21(31)29-19(15)20(30)27-22(29)4-2-3-5-22)26-18-13-17(24-14-25-18)23-6-7-28-8-10-32-11-9-28/h12-14H,2-11H2,1H3,(H,27,30)(H2,23,24,25,26). The van der Waals surface area contributed by atoms with Gasteiger partial charge in [0.15, 0.2) is 0 Å². The fraction of sp³-hybridized carbons (Fsp3) is 0.545. The third kappa shape index (κ3) is 3.84. The predicted octanol–water partition coefficient (Wildman–Crippen LogP) is 1.40. The first-order valence-electron chi connectivity index (χ1n) is 11.3. The van der Waals surface area contributed by atoms with Gasteiger partial charge in [-0.15, -0.1) is 0 Å². The molecule has 1 saturated carbocycles. The largest absolute Gasteiger partial charge is 0.379 e. The molecule has 1 amide bonds. The van der Waals surface area contributed by atoms with Gasteiger partial charge in [-0.25, -0.2) is 9.97 Å². The Kier molecular flexibility index (Phi) is 5.56. The molecule has 10 heteroatoms. The van der Waals surface area contributed by atoms with Crippen LogP contribution in [0, 0.1) is 6.92 Å². The SMILES string of the molecule is Cc1cc(Nc2cc(NCCN3CCOCC3)ncn2)c(=O)n2c1C(=O)NC21CCCC1. The van der Waals surface area contributed by atoms with Crippen molar-refractivity contribution >= 4 is 23.2 Å². The second-order valence-corrected chi connectivity index (χ2v) is 8.72. The average molecular weight is 440 g/mol. The smallest absolute Gasteiger partial charge is 0.276 e. The predicted molar refractivity (Wildman–Crippen MR) is 120 cm³/mol. The Morgan fingerprint density at radius 2 is 1.88 bits per heavy atom. The highest BCUT2D eigenvalue weighted by Gasteiger charge is 2.46. The number of morpholine rings is 1. The van der Waals surface area contributed by atoms with E-state index in [4.69, 9.17) is 4.74 Å². The lowest BCUT2D eigenvalue weighted by atomic mass is 10.1.